The maximum absolute atomic E-state index is 12.7. The smallest absolute Gasteiger partial charge is 0.412 e. The number of nitrogens with two attached hydrogens (primary N) is 1. The molecule has 0 saturated carbocycles. The number of phenols is 1. The lowest BCUT2D eigenvalue weighted by Gasteiger charge is -2.23. The maximum atomic E-state index is 12.7. The number of hydrogen-bond donors (Lipinski definition) is 4. The third-order valence-corrected chi connectivity index (χ3v) is 5.63. The predicted molar refractivity (Wildman–Crippen MR) is 139 cm³/mol. The minimum Gasteiger partial charge on any atom is -0.504 e. The number of halogens is 1. The number of aromatic hydroxyl groups is 1. The molecule has 0 aliphatic carbocycles. The molecule has 0 aliphatic rings. The first-order valence-electron chi connectivity index (χ1n) is 10.7. The standard InChI is InChI=1S/C26H26BrN3O5/c1-16(7-14-24(32)30-21-6-4-3-5-20(21)28)25(17-8-13-23(34-2)22(31)15-17)35-26(33)29-19-11-9-18(27)10-12-19/h3-16,25,31H,28H2,1-2H3,(H,29,33)(H,30,32)/b14-7+/t16-,25-/m0/s1. The molecular formula is C26H26BrN3O5. The fourth-order valence-corrected chi connectivity index (χ4v) is 3.55. The summed E-state index contributed by atoms with van der Waals surface area (Å²) in [5.74, 6) is -0.627. The van der Waals surface area contributed by atoms with E-state index in [1.54, 1.807) is 73.7 Å². The zero-order valence-electron chi connectivity index (χ0n) is 19.2. The number of nitrogen functional groups attached to an aromatic ring is 1. The first-order valence-corrected chi connectivity index (χ1v) is 11.5. The number of amides is 2. The van der Waals surface area contributed by atoms with Crippen LogP contribution in [0, 0.1) is 5.92 Å². The van der Waals surface area contributed by atoms with Gasteiger partial charge in [-0.1, -0.05) is 47.1 Å². The fourth-order valence-electron chi connectivity index (χ4n) is 3.28. The Morgan fingerprint density at radius 2 is 1.77 bits per heavy atom. The highest BCUT2D eigenvalue weighted by Crippen LogP contribution is 2.34. The number of ether oxygens (including phenoxy) is 2. The van der Waals surface area contributed by atoms with E-state index in [1.165, 1.54) is 19.3 Å². The zero-order chi connectivity index (χ0) is 25.4. The summed E-state index contributed by atoms with van der Waals surface area (Å²) in [5, 5.41) is 15.6. The summed E-state index contributed by atoms with van der Waals surface area (Å²) < 4.78 is 11.7. The van der Waals surface area contributed by atoms with Gasteiger partial charge in [0.15, 0.2) is 11.5 Å². The largest absolute Gasteiger partial charge is 0.504 e. The van der Waals surface area contributed by atoms with Crippen molar-refractivity contribution in [3.63, 3.8) is 0 Å². The minimum atomic E-state index is -0.812. The monoisotopic (exact) mass is 539 g/mol. The van der Waals surface area contributed by atoms with Gasteiger partial charge in [-0.25, -0.2) is 4.79 Å². The summed E-state index contributed by atoms with van der Waals surface area (Å²) in [6.07, 6.45) is 1.47. The average Bonchev–Trinajstić information content (AvgIpc) is 2.84. The van der Waals surface area contributed by atoms with Crippen LogP contribution in [0.2, 0.25) is 0 Å². The molecule has 3 aromatic carbocycles. The molecule has 0 fully saturated rings. The lowest BCUT2D eigenvalue weighted by molar-refractivity contribution is -0.111. The number of phenolic OH excluding ortho intramolecular Hbond substituents is 1. The highest BCUT2D eigenvalue weighted by Gasteiger charge is 2.24. The molecule has 0 bridgehead atoms. The van der Waals surface area contributed by atoms with Gasteiger partial charge in [0.25, 0.3) is 0 Å². The first kappa shape index (κ1) is 25.6. The van der Waals surface area contributed by atoms with Gasteiger partial charge in [-0.2, -0.15) is 0 Å². The molecule has 0 heterocycles. The lowest BCUT2D eigenvalue weighted by Crippen LogP contribution is -2.21. The van der Waals surface area contributed by atoms with E-state index < -0.39 is 18.1 Å². The highest BCUT2D eigenvalue weighted by molar-refractivity contribution is 9.10. The lowest BCUT2D eigenvalue weighted by atomic mass is 9.96. The van der Waals surface area contributed by atoms with Crippen molar-refractivity contribution < 1.29 is 24.2 Å². The van der Waals surface area contributed by atoms with E-state index in [9.17, 15) is 14.7 Å². The van der Waals surface area contributed by atoms with E-state index in [-0.39, 0.29) is 17.4 Å². The van der Waals surface area contributed by atoms with Crippen LogP contribution >= 0.6 is 15.9 Å². The molecule has 182 valence electrons. The second-order valence-corrected chi connectivity index (χ2v) is 8.60. The Hall–Kier alpha value is -3.98. The Balaban J connectivity index is 1.78. The minimum absolute atomic E-state index is 0.0969. The van der Waals surface area contributed by atoms with Crippen molar-refractivity contribution in [2.45, 2.75) is 13.0 Å². The Labute approximate surface area is 211 Å². The Kier molecular flexibility index (Phi) is 8.74. The molecule has 2 atom stereocenters. The molecular weight excluding hydrogens is 514 g/mol. The first-order chi connectivity index (χ1) is 16.8. The molecule has 0 aliphatic heterocycles. The molecule has 0 spiro atoms. The number of hydrogen-bond acceptors (Lipinski definition) is 6. The number of benzene rings is 3. The van der Waals surface area contributed by atoms with Crippen molar-refractivity contribution in [2.75, 3.05) is 23.5 Å². The van der Waals surface area contributed by atoms with Gasteiger partial charge in [0.05, 0.1) is 18.5 Å². The second-order valence-electron chi connectivity index (χ2n) is 7.68. The van der Waals surface area contributed by atoms with Crippen LogP contribution < -0.4 is 21.1 Å². The predicted octanol–water partition coefficient (Wildman–Crippen LogP) is 5.87. The number of para-hydroxylation sites is 2. The Bertz CT molecular complexity index is 1210. The number of methoxy groups -OCH3 is 1. The van der Waals surface area contributed by atoms with Crippen LogP contribution in [0.3, 0.4) is 0 Å². The fraction of sp³-hybridized carbons (Fsp3) is 0.154. The van der Waals surface area contributed by atoms with Crippen molar-refractivity contribution >= 4 is 45.0 Å². The molecule has 0 unspecified atom stereocenters. The Morgan fingerprint density at radius 1 is 1.06 bits per heavy atom. The van der Waals surface area contributed by atoms with Gasteiger partial charge >= 0.3 is 6.09 Å². The van der Waals surface area contributed by atoms with Crippen LogP contribution in [0.25, 0.3) is 0 Å². The van der Waals surface area contributed by atoms with E-state index in [2.05, 4.69) is 26.6 Å². The zero-order valence-corrected chi connectivity index (χ0v) is 20.8. The van der Waals surface area contributed by atoms with Crippen LogP contribution in [0.15, 0.2) is 83.4 Å². The van der Waals surface area contributed by atoms with Gasteiger partial charge < -0.3 is 25.6 Å². The average molecular weight is 540 g/mol. The topological polar surface area (TPSA) is 123 Å². The van der Waals surface area contributed by atoms with Crippen LogP contribution in [-0.4, -0.2) is 24.2 Å². The third-order valence-electron chi connectivity index (χ3n) is 5.10. The summed E-state index contributed by atoms with van der Waals surface area (Å²) in [6, 6.07) is 18.7. The SMILES string of the molecule is COc1ccc([C@@H](OC(=O)Nc2ccc(Br)cc2)[C@@H](C)/C=C/C(=O)Nc2ccccc2N)cc1O. The van der Waals surface area contributed by atoms with Gasteiger partial charge in [0, 0.05) is 16.1 Å². The second kappa shape index (κ2) is 11.9. The van der Waals surface area contributed by atoms with E-state index in [0.29, 0.717) is 22.6 Å². The van der Waals surface area contributed by atoms with Crippen LogP contribution in [0.1, 0.15) is 18.6 Å². The molecule has 3 aromatic rings. The van der Waals surface area contributed by atoms with Gasteiger partial charge in [0.1, 0.15) is 6.10 Å². The van der Waals surface area contributed by atoms with Gasteiger partial charge in [-0.15, -0.1) is 0 Å². The van der Waals surface area contributed by atoms with Crippen molar-refractivity contribution in [1.82, 2.24) is 0 Å². The van der Waals surface area contributed by atoms with Gasteiger partial charge in [-0.3, -0.25) is 10.1 Å². The van der Waals surface area contributed by atoms with E-state index in [1.807, 2.05) is 0 Å². The van der Waals surface area contributed by atoms with E-state index >= 15 is 0 Å². The molecule has 0 aromatic heterocycles. The summed E-state index contributed by atoms with van der Waals surface area (Å²) >= 11 is 3.35. The number of nitrogens with one attached hydrogen (secondary N) is 2. The van der Waals surface area contributed by atoms with E-state index in [4.69, 9.17) is 15.2 Å². The van der Waals surface area contributed by atoms with Crippen molar-refractivity contribution in [3.8, 4) is 11.5 Å². The van der Waals surface area contributed by atoms with E-state index in [0.717, 1.165) is 4.47 Å². The van der Waals surface area contributed by atoms with Crippen molar-refractivity contribution in [2.24, 2.45) is 5.92 Å². The molecule has 5 N–H and O–H groups in total. The summed E-state index contributed by atoms with van der Waals surface area (Å²) in [7, 11) is 1.44. The van der Waals surface area contributed by atoms with Crippen LogP contribution in [0.5, 0.6) is 11.5 Å². The molecule has 0 saturated heterocycles. The quantitative estimate of drug-likeness (QED) is 0.210. The van der Waals surface area contributed by atoms with Crippen molar-refractivity contribution in [1.29, 1.82) is 0 Å². The maximum Gasteiger partial charge on any atom is 0.412 e. The van der Waals surface area contributed by atoms with Crippen LogP contribution in [-0.2, 0) is 9.53 Å². The molecule has 3 rings (SSSR count). The number of rotatable bonds is 8. The molecule has 9 heteroatoms. The van der Waals surface area contributed by atoms with Gasteiger partial charge in [0.2, 0.25) is 5.91 Å². The molecule has 0 radical (unpaired) electrons. The Morgan fingerprint density at radius 3 is 2.43 bits per heavy atom. The summed E-state index contributed by atoms with van der Waals surface area (Å²) in [5.41, 5.74) is 7.90. The highest BCUT2D eigenvalue weighted by atomic mass is 79.9. The summed E-state index contributed by atoms with van der Waals surface area (Å²) in [6.45, 7) is 1.79. The van der Waals surface area contributed by atoms with Crippen LogP contribution in [0.4, 0.5) is 21.9 Å². The van der Waals surface area contributed by atoms with Crippen molar-refractivity contribution in [3.05, 3.63) is 88.9 Å². The summed E-state index contributed by atoms with van der Waals surface area (Å²) in [4.78, 5) is 25.1. The molecule has 35 heavy (non-hydrogen) atoms. The third kappa shape index (κ3) is 7.25. The number of carbonyl (C=O) groups excluding carboxylic acids is 2. The normalized spacial score (nSPS) is 12.5. The van der Waals surface area contributed by atoms with Gasteiger partial charge in [-0.05, 0) is 60.2 Å². The number of carbonyl (C=O) groups is 2. The number of anilines is 3. The molecule has 8 nitrogen and oxygen atoms in total. The molecule has 2 amide bonds.